The van der Waals surface area contributed by atoms with Crippen LogP contribution < -0.4 is 4.72 Å². The van der Waals surface area contributed by atoms with Crippen LogP contribution >= 0.6 is 0 Å². The molecule has 0 atom stereocenters. The lowest BCUT2D eigenvalue weighted by Gasteiger charge is -2.17. The molecule has 0 aromatic heterocycles. The van der Waals surface area contributed by atoms with Gasteiger partial charge in [0.2, 0.25) is 0 Å². The van der Waals surface area contributed by atoms with Crippen molar-refractivity contribution >= 4 is 16.2 Å². The number of methoxy groups -OCH3 is 2. The molecule has 8 heteroatoms. The molecule has 0 aromatic rings. The monoisotopic (exact) mass is 296 g/mol. The first kappa shape index (κ1) is 18.3. The minimum absolute atomic E-state index is 0.0434. The van der Waals surface area contributed by atoms with Gasteiger partial charge >= 0.3 is 5.97 Å². The molecule has 0 saturated heterocycles. The molecule has 0 unspecified atom stereocenters. The van der Waals surface area contributed by atoms with Crippen LogP contribution in [0, 0.1) is 0 Å². The van der Waals surface area contributed by atoms with Crippen LogP contribution in [0.1, 0.15) is 25.7 Å². The van der Waals surface area contributed by atoms with E-state index in [0.717, 1.165) is 23.6 Å². The number of carbonyl (C=O) groups is 1. The largest absolute Gasteiger partial charge is 0.469 e. The second kappa shape index (κ2) is 10.1. The highest BCUT2D eigenvalue weighted by molar-refractivity contribution is 7.87. The Morgan fingerprint density at radius 2 is 1.89 bits per heavy atom. The molecule has 0 aliphatic carbocycles. The molecule has 0 spiro atoms. The summed E-state index contributed by atoms with van der Waals surface area (Å²) in [5.41, 5.74) is 0. The number of ether oxygens (including phenoxy) is 2. The van der Waals surface area contributed by atoms with E-state index in [-0.39, 0.29) is 13.0 Å². The number of unbranched alkanes of at least 4 members (excludes halogenated alkanes) is 2. The van der Waals surface area contributed by atoms with Crippen molar-refractivity contribution in [2.45, 2.75) is 25.7 Å². The number of nitrogens with zero attached hydrogens (tertiary/aromatic N) is 1. The molecular weight excluding hydrogens is 272 g/mol. The van der Waals surface area contributed by atoms with Crippen molar-refractivity contribution in [1.29, 1.82) is 0 Å². The van der Waals surface area contributed by atoms with Crippen molar-refractivity contribution in [3.05, 3.63) is 0 Å². The van der Waals surface area contributed by atoms with Crippen LogP contribution in [-0.4, -0.2) is 59.7 Å². The third kappa shape index (κ3) is 8.93. The average Bonchev–Trinajstić information content (AvgIpc) is 2.39. The first-order valence-electron chi connectivity index (χ1n) is 6.20. The van der Waals surface area contributed by atoms with Crippen LogP contribution in [0.5, 0.6) is 0 Å². The summed E-state index contributed by atoms with van der Waals surface area (Å²) in [5.74, 6) is -0.429. The smallest absolute Gasteiger partial charge is 0.306 e. The fourth-order valence-corrected chi connectivity index (χ4v) is 2.28. The third-order valence-corrected chi connectivity index (χ3v) is 4.15. The van der Waals surface area contributed by atoms with Crippen LogP contribution in [0.3, 0.4) is 0 Å². The fraction of sp³-hybridized carbons (Fsp3) is 0.909. The summed E-state index contributed by atoms with van der Waals surface area (Å²) in [4.78, 5) is 10.9. The normalized spacial score (nSPS) is 11.8. The van der Waals surface area contributed by atoms with E-state index in [0.29, 0.717) is 13.2 Å². The molecule has 0 bridgehead atoms. The second-order valence-corrected chi connectivity index (χ2v) is 5.96. The van der Waals surface area contributed by atoms with Crippen LogP contribution in [0.25, 0.3) is 0 Å². The molecule has 0 rings (SSSR count). The summed E-state index contributed by atoms with van der Waals surface area (Å²) in [6.07, 6.45) is 2.62. The molecule has 114 valence electrons. The quantitative estimate of drug-likeness (QED) is 0.433. The highest BCUT2D eigenvalue weighted by Crippen LogP contribution is 1.99. The molecule has 1 N–H and O–H groups in total. The SMILES string of the molecule is COCCCCCNS(=O)(=O)N(C)CCC(=O)OC. The molecule has 0 aliphatic rings. The lowest BCUT2D eigenvalue weighted by Crippen LogP contribution is -2.39. The van der Waals surface area contributed by atoms with Gasteiger partial charge in [-0.1, -0.05) is 0 Å². The van der Waals surface area contributed by atoms with Crippen molar-refractivity contribution in [3.63, 3.8) is 0 Å². The van der Waals surface area contributed by atoms with Gasteiger partial charge in [-0.25, -0.2) is 4.72 Å². The van der Waals surface area contributed by atoms with E-state index in [1.54, 1.807) is 7.11 Å². The Bertz CT molecular complexity index is 345. The molecule has 7 nitrogen and oxygen atoms in total. The number of carbonyl (C=O) groups excluding carboxylic acids is 1. The molecule has 19 heavy (non-hydrogen) atoms. The Balaban J connectivity index is 3.86. The minimum atomic E-state index is -3.51. The third-order valence-electron chi connectivity index (χ3n) is 2.58. The Morgan fingerprint density at radius 3 is 2.47 bits per heavy atom. The van der Waals surface area contributed by atoms with E-state index < -0.39 is 16.2 Å². The zero-order chi connectivity index (χ0) is 14.7. The average molecular weight is 296 g/mol. The van der Waals surface area contributed by atoms with Gasteiger partial charge in [-0.2, -0.15) is 12.7 Å². The topological polar surface area (TPSA) is 84.9 Å². The van der Waals surface area contributed by atoms with Crippen molar-refractivity contribution < 1.29 is 22.7 Å². The maximum atomic E-state index is 11.8. The van der Waals surface area contributed by atoms with Crippen molar-refractivity contribution in [1.82, 2.24) is 9.03 Å². The van der Waals surface area contributed by atoms with Gasteiger partial charge in [-0.15, -0.1) is 0 Å². The number of rotatable bonds is 11. The van der Waals surface area contributed by atoms with Gasteiger partial charge in [0.25, 0.3) is 10.2 Å². The van der Waals surface area contributed by atoms with E-state index in [2.05, 4.69) is 9.46 Å². The van der Waals surface area contributed by atoms with Gasteiger partial charge in [-0.3, -0.25) is 4.79 Å². The summed E-state index contributed by atoms with van der Waals surface area (Å²) in [6, 6.07) is 0. The van der Waals surface area contributed by atoms with Crippen molar-refractivity contribution in [2.75, 3.05) is 41.0 Å². The van der Waals surface area contributed by atoms with Gasteiger partial charge in [-0.05, 0) is 19.3 Å². The molecular formula is C11H24N2O5S. The van der Waals surface area contributed by atoms with Crippen LogP contribution in [-0.2, 0) is 24.5 Å². The highest BCUT2D eigenvalue weighted by atomic mass is 32.2. The Labute approximate surface area is 115 Å². The number of hydrogen-bond donors (Lipinski definition) is 1. The lowest BCUT2D eigenvalue weighted by atomic mass is 10.2. The number of nitrogens with one attached hydrogen (secondary N) is 1. The summed E-state index contributed by atoms with van der Waals surface area (Å²) < 4.78 is 36.5. The maximum Gasteiger partial charge on any atom is 0.306 e. The van der Waals surface area contributed by atoms with Crippen molar-refractivity contribution in [2.24, 2.45) is 0 Å². The zero-order valence-corrected chi connectivity index (χ0v) is 12.7. The number of esters is 1. The molecule has 0 aliphatic heterocycles. The predicted molar refractivity (Wildman–Crippen MR) is 71.9 cm³/mol. The van der Waals surface area contributed by atoms with E-state index in [1.807, 2.05) is 0 Å². The Morgan fingerprint density at radius 1 is 1.21 bits per heavy atom. The van der Waals surface area contributed by atoms with Gasteiger partial charge in [0.1, 0.15) is 0 Å². The molecule has 0 aromatic carbocycles. The summed E-state index contributed by atoms with van der Waals surface area (Å²) >= 11 is 0. The van der Waals surface area contributed by atoms with Crippen LogP contribution in [0.4, 0.5) is 0 Å². The molecule has 0 amide bonds. The maximum absolute atomic E-state index is 11.8. The van der Waals surface area contributed by atoms with E-state index in [1.165, 1.54) is 14.2 Å². The molecule has 0 heterocycles. The van der Waals surface area contributed by atoms with Gasteiger partial charge in [0.15, 0.2) is 0 Å². The lowest BCUT2D eigenvalue weighted by molar-refractivity contribution is -0.140. The van der Waals surface area contributed by atoms with E-state index in [9.17, 15) is 13.2 Å². The van der Waals surface area contributed by atoms with E-state index >= 15 is 0 Å². The Hall–Kier alpha value is -0.700. The summed E-state index contributed by atoms with van der Waals surface area (Å²) in [6.45, 7) is 1.17. The van der Waals surface area contributed by atoms with Gasteiger partial charge in [0.05, 0.1) is 13.5 Å². The zero-order valence-electron chi connectivity index (χ0n) is 11.8. The summed E-state index contributed by atoms with van der Waals surface area (Å²) in [5, 5.41) is 0. The van der Waals surface area contributed by atoms with Crippen molar-refractivity contribution in [3.8, 4) is 0 Å². The number of hydrogen-bond acceptors (Lipinski definition) is 5. The molecule has 0 radical (unpaired) electrons. The standard InChI is InChI=1S/C11H24N2O5S/c1-13(9-7-11(14)18-3)19(15,16)12-8-5-4-6-10-17-2/h12H,4-10H2,1-3H3. The van der Waals surface area contributed by atoms with Crippen LogP contribution in [0.2, 0.25) is 0 Å². The first-order valence-corrected chi connectivity index (χ1v) is 7.64. The van der Waals surface area contributed by atoms with Crippen LogP contribution in [0.15, 0.2) is 0 Å². The van der Waals surface area contributed by atoms with E-state index in [4.69, 9.17) is 4.74 Å². The second-order valence-electron chi connectivity index (χ2n) is 4.10. The molecule has 0 saturated carbocycles. The molecule has 0 fully saturated rings. The Kier molecular flexibility index (Phi) is 9.76. The summed E-state index contributed by atoms with van der Waals surface area (Å²) in [7, 11) is 0.825. The van der Waals surface area contributed by atoms with Gasteiger partial charge < -0.3 is 9.47 Å². The predicted octanol–water partition coefficient (Wildman–Crippen LogP) is 0.132. The first-order chi connectivity index (χ1) is 8.94. The van der Waals surface area contributed by atoms with Gasteiger partial charge in [0, 0.05) is 33.9 Å². The minimum Gasteiger partial charge on any atom is -0.469 e. The fourth-order valence-electron chi connectivity index (χ4n) is 1.33. The highest BCUT2D eigenvalue weighted by Gasteiger charge is 2.17.